The first kappa shape index (κ1) is 24.8. The van der Waals surface area contributed by atoms with Gasteiger partial charge in [0, 0.05) is 0 Å². The normalized spacial score (nSPS) is 23.4. The van der Waals surface area contributed by atoms with Crippen molar-refractivity contribution < 1.29 is 9.59 Å². The molecule has 0 N–H and O–H groups in total. The van der Waals surface area contributed by atoms with E-state index >= 15 is 0 Å². The second-order valence-electron chi connectivity index (χ2n) is 9.86. The number of hydrogen-bond donors (Lipinski definition) is 0. The zero-order chi connectivity index (χ0) is 22.6. The molecule has 4 nitrogen and oxygen atoms in total. The summed E-state index contributed by atoms with van der Waals surface area (Å²) < 4.78 is 6.89. The van der Waals surface area contributed by atoms with E-state index in [4.69, 9.17) is 0 Å². The number of unbranched alkanes of at least 4 members (excludes halogenated alkanes) is 3. The van der Waals surface area contributed by atoms with Crippen LogP contribution in [0.25, 0.3) is 0 Å². The van der Waals surface area contributed by atoms with E-state index in [9.17, 15) is 9.59 Å². The van der Waals surface area contributed by atoms with Gasteiger partial charge in [0.2, 0.25) is 0 Å². The van der Waals surface area contributed by atoms with Crippen LogP contribution in [0.5, 0.6) is 0 Å². The fraction of sp³-hybridized carbons (Fsp3) is 0.692. The van der Waals surface area contributed by atoms with Crippen molar-refractivity contribution in [3.05, 3.63) is 35.4 Å². The van der Waals surface area contributed by atoms with Crippen LogP contribution in [0.2, 0.25) is 13.3 Å². The summed E-state index contributed by atoms with van der Waals surface area (Å²) in [5, 5.41) is 0. The van der Waals surface area contributed by atoms with Gasteiger partial charge in [-0.2, -0.15) is 0 Å². The molecule has 0 saturated carbocycles. The average molecular weight is 533 g/mol. The zero-order valence-electron chi connectivity index (χ0n) is 20.3. The van der Waals surface area contributed by atoms with Crippen LogP contribution >= 0.6 is 0 Å². The van der Waals surface area contributed by atoms with Crippen molar-refractivity contribution in [3.8, 4) is 0 Å². The SMILES string of the molecule is CCC[CH2][Sn]([CH2]CCC)([CH2]CCC)[N](C)C1c2ccccc2CC2C(=O)N(C)C(=O)C21. The Morgan fingerprint density at radius 1 is 0.935 bits per heavy atom. The Morgan fingerprint density at radius 2 is 1.48 bits per heavy atom. The summed E-state index contributed by atoms with van der Waals surface area (Å²) in [6, 6.07) is 8.69. The van der Waals surface area contributed by atoms with E-state index in [2.05, 4.69) is 55.2 Å². The molecular formula is C26H42N2O2Sn. The van der Waals surface area contributed by atoms with Crippen molar-refractivity contribution in [2.45, 2.75) is 85.1 Å². The van der Waals surface area contributed by atoms with Crippen molar-refractivity contribution in [1.29, 1.82) is 0 Å². The van der Waals surface area contributed by atoms with Crippen molar-refractivity contribution >= 4 is 30.5 Å². The molecule has 2 aliphatic rings. The first-order chi connectivity index (χ1) is 14.9. The fourth-order valence-corrected chi connectivity index (χ4v) is 22.4. The summed E-state index contributed by atoms with van der Waals surface area (Å²) >= 11 is -2.76. The van der Waals surface area contributed by atoms with E-state index in [1.807, 2.05) is 0 Å². The first-order valence-corrected chi connectivity index (χ1v) is 19.9. The van der Waals surface area contributed by atoms with Crippen molar-refractivity contribution in [1.82, 2.24) is 8.02 Å². The Labute approximate surface area is 194 Å². The summed E-state index contributed by atoms with van der Waals surface area (Å²) in [6.07, 6.45) is 8.30. The molecule has 1 fully saturated rings. The van der Waals surface area contributed by atoms with Crippen LogP contribution < -0.4 is 0 Å². The molecule has 1 heterocycles. The van der Waals surface area contributed by atoms with Gasteiger partial charge in [0.25, 0.3) is 0 Å². The number of carbonyl (C=O) groups excluding carboxylic acids is 2. The third-order valence-corrected chi connectivity index (χ3v) is 24.1. The molecular weight excluding hydrogens is 491 g/mol. The van der Waals surface area contributed by atoms with E-state index in [0.29, 0.717) is 6.42 Å². The van der Waals surface area contributed by atoms with Crippen LogP contribution in [-0.2, 0) is 16.0 Å². The molecule has 1 saturated heterocycles. The molecule has 3 rings (SSSR count). The summed E-state index contributed by atoms with van der Waals surface area (Å²) in [6.45, 7) is 6.91. The Kier molecular flexibility index (Phi) is 8.64. The zero-order valence-corrected chi connectivity index (χ0v) is 23.2. The Balaban J connectivity index is 2.09. The van der Waals surface area contributed by atoms with Crippen LogP contribution in [-0.4, -0.2) is 52.6 Å². The molecule has 0 aromatic heterocycles. The van der Waals surface area contributed by atoms with Crippen molar-refractivity contribution in [2.24, 2.45) is 11.8 Å². The van der Waals surface area contributed by atoms with Gasteiger partial charge in [-0.05, 0) is 0 Å². The molecule has 5 heteroatoms. The first-order valence-electron chi connectivity index (χ1n) is 12.5. The topological polar surface area (TPSA) is 40.6 Å². The average Bonchev–Trinajstić information content (AvgIpc) is 3.00. The molecule has 1 aromatic carbocycles. The van der Waals surface area contributed by atoms with Gasteiger partial charge >= 0.3 is 194 Å². The standard InChI is InChI=1S/C14H15N2O2.3C4H9.Sn/c1-15-12-9-6-4-3-5-8(9)7-10-11(12)14(18)16(2)13(10)17;3*1-3-4-2;/h3-6,10-12H,7H2,1-2H3;3*1,3-4H2,2H3;/q-1;;;;+1. The number of rotatable bonds is 11. The number of nitrogens with zero attached hydrogens (tertiary/aromatic N) is 2. The monoisotopic (exact) mass is 534 g/mol. The van der Waals surface area contributed by atoms with Gasteiger partial charge in [-0.25, -0.2) is 0 Å². The van der Waals surface area contributed by atoms with Gasteiger partial charge in [0.05, 0.1) is 0 Å². The van der Waals surface area contributed by atoms with Crippen LogP contribution in [0.1, 0.15) is 76.5 Å². The predicted octanol–water partition coefficient (Wildman–Crippen LogP) is 5.79. The third-order valence-electron chi connectivity index (χ3n) is 8.00. The summed E-state index contributed by atoms with van der Waals surface area (Å²) in [7, 11) is 4.03. The number of amides is 2. The number of hydrogen-bond acceptors (Lipinski definition) is 3. The van der Waals surface area contributed by atoms with Gasteiger partial charge in [-0.3, -0.25) is 0 Å². The van der Waals surface area contributed by atoms with E-state index in [0.717, 1.165) is 0 Å². The third kappa shape index (κ3) is 4.75. The molecule has 1 aliphatic heterocycles. The van der Waals surface area contributed by atoms with Crippen molar-refractivity contribution in [2.75, 3.05) is 14.1 Å². The number of carbonyl (C=O) groups is 2. The molecule has 0 radical (unpaired) electrons. The minimum absolute atomic E-state index is 0.0272. The summed E-state index contributed by atoms with van der Waals surface area (Å²) in [4.78, 5) is 27.8. The second kappa shape index (κ2) is 10.8. The Hall–Kier alpha value is -0.881. The second-order valence-corrected chi connectivity index (χ2v) is 23.1. The van der Waals surface area contributed by atoms with E-state index in [-0.39, 0.29) is 29.7 Å². The Morgan fingerprint density at radius 3 is 2.03 bits per heavy atom. The van der Waals surface area contributed by atoms with Crippen LogP contribution in [0.15, 0.2) is 24.3 Å². The number of fused-ring (bicyclic) bond motifs is 2. The summed E-state index contributed by atoms with van der Waals surface area (Å²) in [5.74, 6) is -0.326. The molecule has 1 aliphatic carbocycles. The molecule has 3 atom stereocenters. The molecule has 3 unspecified atom stereocenters. The number of likely N-dealkylation sites (tertiary alicyclic amines) is 1. The maximum atomic E-state index is 13.3. The number of imide groups is 1. The fourth-order valence-electron chi connectivity index (χ4n) is 6.08. The molecule has 1 aromatic rings. The van der Waals surface area contributed by atoms with Gasteiger partial charge in [0.15, 0.2) is 0 Å². The Bertz CT molecular complexity index is 759. The van der Waals surface area contributed by atoms with E-state index in [1.54, 1.807) is 7.05 Å². The van der Waals surface area contributed by atoms with Gasteiger partial charge in [-0.1, -0.05) is 0 Å². The van der Waals surface area contributed by atoms with Gasteiger partial charge in [-0.15, -0.1) is 0 Å². The quantitative estimate of drug-likeness (QED) is 0.267. The molecule has 2 amide bonds. The van der Waals surface area contributed by atoms with Crippen LogP contribution in [0, 0.1) is 11.8 Å². The molecule has 0 spiro atoms. The predicted molar refractivity (Wildman–Crippen MR) is 130 cm³/mol. The van der Waals surface area contributed by atoms with E-state index in [1.165, 1.54) is 67.9 Å². The van der Waals surface area contributed by atoms with Gasteiger partial charge in [0.1, 0.15) is 0 Å². The number of benzene rings is 1. The molecule has 172 valence electrons. The minimum atomic E-state index is -2.76. The summed E-state index contributed by atoms with van der Waals surface area (Å²) in [5.41, 5.74) is 2.59. The molecule has 0 bridgehead atoms. The van der Waals surface area contributed by atoms with Gasteiger partial charge < -0.3 is 0 Å². The van der Waals surface area contributed by atoms with Crippen LogP contribution in [0.3, 0.4) is 0 Å². The van der Waals surface area contributed by atoms with E-state index < -0.39 is 18.7 Å². The van der Waals surface area contributed by atoms with Crippen molar-refractivity contribution in [3.63, 3.8) is 0 Å². The molecule has 31 heavy (non-hydrogen) atoms. The maximum absolute atomic E-state index is 13.3. The van der Waals surface area contributed by atoms with Crippen LogP contribution in [0.4, 0.5) is 0 Å².